The minimum atomic E-state index is 0.121. The standard InChI is InChI=1S/C16H26ClN3O/c1-2-15(18)16(13-3-5-14(17)6-4-13)20-9-7-19(8-10-20)11-12-21/h3-6,15-16,21H,2,7-12,18H2,1H3. The first-order valence-electron chi connectivity index (χ1n) is 7.74. The van der Waals surface area contributed by atoms with Gasteiger partial charge < -0.3 is 10.8 Å². The maximum absolute atomic E-state index is 9.04. The second kappa shape index (κ2) is 8.11. The second-order valence-electron chi connectivity index (χ2n) is 5.67. The number of aliphatic hydroxyl groups is 1. The molecule has 5 heteroatoms. The van der Waals surface area contributed by atoms with E-state index in [1.165, 1.54) is 5.56 Å². The molecule has 1 heterocycles. The SMILES string of the molecule is CCC(N)C(c1ccc(Cl)cc1)N1CCN(CCO)CC1. The molecule has 118 valence electrons. The number of halogens is 1. The molecule has 1 aromatic rings. The van der Waals surface area contributed by atoms with E-state index in [0.717, 1.165) is 44.2 Å². The van der Waals surface area contributed by atoms with Crippen molar-refractivity contribution in [3.63, 3.8) is 0 Å². The van der Waals surface area contributed by atoms with Gasteiger partial charge in [0.25, 0.3) is 0 Å². The Labute approximate surface area is 132 Å². The molecule has 21 heavy (non-hydrogen) atoms. The summed E-state index contributed by atoms with van der Waals surface area (Å²) in [4.78, 5) is 4.76. The second-order valence-corrected chi connectivity index (χ2v) is 6.11. The lowest BCUT2D eigenvalue weighted by atomic mass is 9.95. The van der Waals surface area contributed by atoms with Gasteiger partial charge in [-0.2, -0.15) is 0 Å². The van der Waals surface area contributed by atoms with Gasteiger partial charge in [0.1, 0.15) is 0 Å². The number of nitrogens with two attached hydrogens (primary N) is 1. The van der Waals surface area contributed by atoms with Crippen LogP contribution in [0.1, 0.15) is 24.9 Å². The summed E-state index contributed by atoms with van der Waals surface area (Å²) >= 11 is 5.99. The maximum Gasteiger partial charge on any atom is 0.0558 e. The monoisotopic (exact) mass is 311 g/mol. The molecule has 2 rings (SSSR count). The van der Waals surface area contributed by atoms with Crippen LogP contribution in [-0.4, -0.2) is 60.3 Å². The van der Waals surface area contributed by atoms with Gasteiger partial charge in [-0.15, -0.1) is 0 Å². The van der Waals surface area contributed by atoms with E-state index >= 15 is 0 Å². The third kappa shape index (κ3) is 4.41. The van der Waals surface area contributed by atoms with E-state index in [0.29, 0.717) is 0 Å². The van der Waals surface area contributed by atoms with Crippen molar-refractivity contribution in [3.05, 3.63) is 34.9 Å². The molecule has 0 aromatic heterocycles. The first kappa shape index (κ1) is 16.7. The summed E-state index contributed by atoms with van der Waals surface area (Å²) in [6.45, 7) is 7.08. The molecule has 1 aliphatic rings. The van der Waals surface area contributed by atoms with E-state index in [4.69, 9.17) is 22.4 Å². The van der Waals surface area contributed by atoms with Gasteiger partial charge in [-0.05, 0) is 24.1 Å². The lowest BCUT2D eigenvalue weighted by Crippen LogP contribution is -2.51. The zero-order chi connectivity index (χ0) is 15.2. The minimum absolute atomic E-state index is 0.121. The maximum atomic E-state index is 9.04. The zero-order valence-electron chi connectivity index (χ0n) is 12.7. The highest BCUT2D eigenvalue weighted by Crippen LogP contribution is 2.27. The molecule has 0 spiro atoms. The van der Waals surface area contributed by atoms with Gasteiger partial charge >= 0.3 is 0 Å². The lowest BCUT2D eigenvalue weighted by molar-refractivity contribution is 0.0734. The van der Waals surface area contributed by atoms with E-state index in [1.54, 1.807) is 0 Å². The number of benzene rings is 1. The van der Waals surface area contributed by atoms with Gasteiger partial charge in [-0.1, -0.05) is 30.7 Å². The van der Waals surface area contributed by atoms with Crippen LogP contribution in [0.4, 0.5) is 0 Å². The first-order chi connectivity index (χ1) is 10.2. The summed E-state index contributed by atoms with van der Waals surface area (Å²) in [5.74, 6) is 0. The van der Waals surface area contributed by atoms with Crippen molar-refractivity contribution in [1.29, 1.82) is 0 Å². The van der Waals surface area contributed by atoms with Crippen molar-refractivity contribution in [1.82, 2.24) is 9.80 Å². The fourth-order valence-corrected chi connectivity index (χ4v) is 3.14. The summed E-state index contributed by atoms with van der Waals surface area (Å²) in [6.07, 6.45) is 0.949. The molecule has 0 bridgehead atoms. The Hall–Kier alpha value is -0.650. The molecule has 2 atom stereocenters. The van der Waals surface area contributed by atoms with E-state index < -0.39 is 0 Å². The Morgan fingerprint density at radius 3 is 2.33 bits per heavy atom. The van der Waals surface area contributed by atoms with E-state index in [2.05, 4.69) is 28.9 Å². The molecule has 1 saturated heterocycles. The largest absolute Gasteiger partial charge is 0.395 e. The quantitative estimate of drug-likeness (QED) is 0.840. The molecule has 0 radical (unpaired) electrons. The fraction of sp³-hybridized carbons (Fsp3) is 0.625. The molecular formula is C16H26ClN3O. The molecule has 1 aliphatic heterocycles. The molecule has 2 unspecified atom stereocenters. The van der Waals surface area contributed by atoms with Crippen LogP contribution in [0.5, 0.6) is 0 Å². The summed E-state index contributed by atoms with van der Waals surface area (Å²) in [6, 6.07) is 8.41. The number of hydrogen-bond donors (Lipinski definition) is 2. The van der Waals surface area contributed by atoms with Gasteiger partial charge in [-0.25, -0.2) is 0 Å². The van der Waals surface area contributed by atoms with Gasteiger partial charge in [0.15, 0.2) is 0 Å². The van der Waals surface area contributed by atoms with Crippen LogP contribution in [0.15, 0.2) is 24.3 Å². The fourth-order valence-electron chi connectivity index (χ4n) is 3.02. The van der Waals surface area contributed by atoms with Gasteiger partial charge in [0.05, 0.1) is 6.61 Å². The van der Waals surface area contributed by atoms with Crippen LogP contribution in [-0.2, 0) is 0 Å². The average Bonchev–Trinajstić information content (AvgIpc) is 2.51. The van der Waals surface area contributed by atoms with Gasteiger partial charge in [0.2, 0.25) is 0 Å². The Morgan fingerprint density at radius 1 is 1.19 bits per heavy atom. The molecule has 0 aliphatic carbocycles. The van der Waals surface area contributed by atoms with E-state index in [-0.39, 0.29) is 18.7 Å². The number of rotatable bonds is 6. The molecule has 0 saturated carbocycles. The Kier molecular flexibility index (Phi) is 6.45. The van der Waals surface area contributed by atoms with Gasteiger partial charge in [0, 0.05) is 49.8 Å². The Bertz CT molecular complexity index is 418. The number of piperazine rings is 1. The predicted molar refractivity (Wildman–Crippen MR) is 87.6 cm³/mol. The molecule has 1 aromatic carbocycles. The van der Waals surface area contributed by atoms with E-state index in [9.17, 15) is 0 Å². The summed E-state index contributed by atoms with van der Waals surface area (Å²) in [7, 11) is 0. The predicted octanol–water partition coefficient (Wildman–Crippen LogP) is 1.73. The number of β-amino-alcohol motifs (C(OH)–C–C–N with tert-alkyl or cyclic N) is 1. The number of hydrogen-bond acceptors (Lipinski definition) is 4. The van der Waals surface area contributed by atoms with Crippen LogP contribution >= 0.6 is 11.6 Å². The van der Waals surface area contributed by atoms with Crippen LogP contribution in [0, 0.1) is 0 Å². The van der Waals surface area contributed by atoms with Crippen LogP contribution in [0.25, 0.3) is 0 Å². The molecule has 3 N–H and O–H groups in total. The molecule has 4 nitrogen and oxygen atoms in total. The van der Waals surface area contributed by atoms with Crippen LogP contribution < -0.4 is 5.73 Å². The first-order valence-corrected chi connectivity index (χ1v) is 8.11. The summed E-state index contributed by atoms with van der Waals surface area (Å²) in [5, 5.41) is 9.80. The van der Waals surface area contributed by atoms with Crippen molar-refractivity contribution in [2.45, 2.75) is 25.4 Å². The zero-order valence-corrected chi connectivity index (χ0v) is 13.5. The normalized spacial score (nSPS) is 20.4. The van der Waals surface area contributed by atoms with Crippen LogP contribution in [0.3, 0.4) is 0 Å². The number of aliphatic hydroxyl groups excluding tert-OH is 1. The molecule has 0 amide bonds. The van der Waals surface area contributed by atoms with Crippen LogP contribution in [0.2, 0.25) is 5.02 Å². The average molecular weight is 312 g/mol. The highest BCUT2D eigenvalue weighted by Gasteiger charge is 2.28. The Morgan fingerprint density at radius 2 is 1.81 bits per heavy atom. The highest BCUT2D eigenvalue weighted by molar-refractivity contribution is 6.30. The third-order valence-electron chi connectivity index (χ3n) is 4.30. The van der Waals surface area contributed by atoms with Crippen molar-refractivity contribution in [2.75, 3.05) is 39.3 Å². The Balaban J connectivity index is 2.09. The topological polar surface area (TPSA) is 52.7 Å². The highest BCUT2D eigenvalue weighted by atomic mass is 35.5. The van der Waals surface area contributed by atoms with Crippen molar-refractivity contribution in [2.24, 2.45) is 5.73 Å². The third-order valence-corrected chi connectivity index (χ3v) is 4.56. The van der Waals surface area contributed by atoms with Crippen molar-refractivity contribution in [3.8, 4) is 0 Å². The minimum Gasteiger partial charge on any atom is -0.395 e. The molecular weight excluding hydrogens is 286 g/mol. The summed E-state index contributed by atoms with van der Waals surface area (Å²) in [5.41, 5.74) is 7.62. The van der Waals surface area contributed by atoms with E-state index in [1.807, 2.05) is 12.1 Å². The number of nitrogens with zero attached hydrogens (tertiary/aromatic N) is 2. The lowest BCUT2D eigenvalue weighted by Gasteiger charge is -2.41. The summed E-state index contributed by atoms with van der Waals surface area (Å²) < 4.78 is 0. The van der Waals surface area contributed by atoms with Crippen molar-refractivity contribution < 1.29 is 5.11 Å². The van der Waals surface area contributed by atoms with Gasteiger partial charge in [-0.3, -0.25) is 9.80 Å². The smallest absolute Gasteiger partial charge is 0.0558 e. The molecule has 1 fully saturated rings. The van der Waals surface area contributed by atoms with Crippen molar-refractivity contribution >= 4 is 11.6 Å².